The van der Waals surface area contributed by atoms with E-state index in [4.69, 9.17) is 0 Å². The highest BCUT2D eigenvalue weighted by atomic mass is 14.9. The van der Waals surface area contributed by atoms with Gasteiger partial charge >= 0.3 is 0 Å². The third-order valence-corrected chi connectivity index (χ3v) is 4.46. The number of hydrogen-bond donors (Lipinski definition) is 1. The Kier molecular flexibility index (Phi) is 5.41. The van der Waals surface area contributed by atoms with Gasteiger partial charge in [-0.1, -0.05) is 70.2 Å². The molecule has 0 heterocycles. The Balaban J connectivity index is 2.16. The van der Waals surface area contributed by atoms with Crippen LogP contribution in [-0.4, -0.2) is 13.1 Å². The molecule has 0 bridgehead atoms. The van der Waals surface area contributed by atoms with Gasteiger partial charge in [-0.15, -0.1) is 0 Å². The molecular formula is C20H29N. The van der Waals surface area contributed by atoms with E-state index in [0.29, 0.717) is 11.3 Å². The van der Waals surface area contributed by atoms with Crippen molar-refractivity contribution < 1.29 is 0 Å². The van der Waals surface area contributed by atoms with E-state index in [1.54, 1.807) is 0 Å². The molecule has 0 amide bonds. The average molecular weight is 283 g/mol. The molecule has 0 aliphatic carbocycles. The summed E-state index contributed by atoms with van der Waals surface area (Å²) in [7, 11) is 0. The summed E-state index contributed by atoms with van der Waals surface area (Å²) in [6.45, 7) is 11.4. The van der Waals surface area contributed by atoms with Crippen LogP contribution >= 0.6 is 0 Å². The monoisotopic (exact) mass is 283 g/mol. The summed E-state index contributed by atoms with van der Waals surface area (Å²) in [6, 6.07) is 15.4. The van der Waals surface area contributed by atoms with Gasteiger partial charge in [0.2, 0.25) is 0 Å². The van der Waals surface area contributed by atoms with Gasteiger partial charge in [0, 0.05) is 6.54 Å². The van der Waals surface area contributed by atoms with Gasteiger partial charge < -0.3 is 5.32 Å². The highest BCUT2D eigenvalue weighted by Gasteiger charge is 2.23. The van der Waals surface area contributed by atoms with Crippen molar-refractivity contribution in [3.8, 4) is 0 Å². The third kappa shape index (κ3) is 4.31. The van der Waals surface area contributed by atoms with Crippen LogP contribution in [0.25, 0.3) is 10.8 Å². The maximum Gasteiger partial charge on any atom is 0.000836 e. The molecule has 21 heavy (non-hydrogen) atoms. The number of nitrogens with one attached hydrogen (secondary N) is 1. The summed E-state index contributed by atoms with van der Waals surface area (Å²) < 4.78 is 0. The van der Waals surface area contributed by atoms with Crippen molar-refractivity contribution in [3.63, 3.8) is 0 Å². The van der Waals surface area contributed by atoms with Gasteiger partial charge in [0.15, 0.2) is 0 Å². The Morgan fingerprint density at radius 2 is 1.76 bits per heavy atom. The highest BCUT2D eigenvalue weighted by Crippen LogP contribution is 2.29. The molecule has 0 radical (unpaired) electrons. The van der Waals surface area contributed by atoms with E-state index in [9.17, 15) is 0 Å². The van der Waals surface area contributed by atoms with Crippen LogP contribution in [-0.2, 0) is 6.42 Å². The SMILES string of the molecule is CCC(C)(CNCC(C)C)Cc1cccc2ccccc12. The first-order chi connectivity index (χ1) is 10.0. The molecule has 0 spiro atoms. The predicted octanol–water partition coefficient (Wildman–Crippen LogP) is 5.04. The Bertz CT molecular complexity index is 568. The van der Waals surface area contributed by atoms with Crippen molar-refractivity contribution in [1.29, 1.82) is 0 Å². The molecular weight excluding hydrogens is 254 g/mol. The second-order valence-electron chi connectivity index (χ2n) is 7.00. The van der Waals surface area contributed by atoms with Crippen molar-refractivity contribution in [1.82, 2.24) is 5.32 Å². The number of hydrogen-bond acceptors (Lipinski definition) is 1. The Morgan fingerprint density at radius 1 is 1.05 bits per heavy atom. The number of fused-ring (bicyclic) bond motifs is 1. The minimum Gasteiger partial charge on any atom is -0.316 e. The lowest BCUT2D eigenvalue weighted by molar-refractivity contribution is 0.286. The van der Waals surface area contributed by atoms with Crippen molar-refractivity contribution in [2.24, 2.45) is 11.3 Å². The lowest BCUT2D eigenvalue weighted by Crippen LogP contribution is -2.35. The second kappa shape index (κ2) is 7.09. The standard InChI is InChI=1S/C20H29N/c1-5-20(4,15-21-14-16(2)3)13-18-11-8-10-17-9-6-7-12-19(17)18/h6-12,16,21H,5,13-15H2,1-4H3. The van der Waals surface area contributed by atoms with Crippen molar-refractivity contribution in [2.45, 2.75) is 40.5 Å². The topological polar surface area (TPSA) is 12.0 Å². The molecule has 2 rings (SSSR count). The summed E-state index contributed by atoms with van der Waals surface area (Å²) in [5, 5.41) is 6.40. The number of benzene rings is 2. The fourth-order valence-electron chi connectivity index (χ4n) is 2.88. The maximum atomic E-state index is 3.64. The Labute approximate surface area is 129 Å². The molecule has 1 N–H and O–H groups in total. The van der Waals surface area contributed by atoms with Gasteiger partial charge in [0.25, 0.3) is 0 Å². The van der Waals surface area contributed by atoms with Crippen LogP contribution in [0.15, 0.2) is 42.5 Å². The summed E-state index contributed by atoms with van der Waals surface area (Å²) in [6.07, 6.45) is 2.33. The second-order valence-corrected chi connectivity index (χ2v) is 7.00. The third-order valence-electron chi connectivity index (χ3n) is 4.46. The average Bonchev–Trinajstić information content (AvgIpc) is 2.47. The molecule has 1 unspecified atom stereocenters. The summed E-state index contributed by atoms with van der Waals surface area (Å²) in [5.74, 6) is 0.712. The summed E-state index contributed by atoms with van der Waals surface area (Å²) >= 11 is 0. The maximum absolute atomic E-state index is 3.64. The lowest BCUT2D eigenvalue weighted by atomic mass is 9.80. The lowest BCUT2D eigenvalue weighted by Gasteiger charge is -2.30. The highest BCUT2D eigenvalue weighted by molar-refractivity contribution is 5.85. The van der Waals surface area contributed by atoms with Crippen LogP contribution < -0.4 is 5.32 Å². The van der Waals surface area contributed by atoms with E-state index in [-0.39, 0.29) is 0 Å². The first kappa shape index (κ1) is 16.0. The van der Waals surface area contributed by atoms with E-state index >= 15 is 0 Å². The molecule has 1 heteroatoms. The molecule has 0 saturated heterocycles. The zero-order valence-corrected chi connectivity index (χ0v) is 13.9. The molecule has 1 nitrogen and oxygen atoms in total. The van der Waals surface area contributed by atoms with Crippen molar-refractivity contribution in [2.75, 3.05) is 13.1 Å². The van der Waals surface area contributed by atoms with Crippen LogP contribution in [0.3, 0.4) is 0 Å². The Hall–Kier alpha value is -1.34. The van der Waals surface area contributed by atoms with Crippen LogP contribution in [0.4, 0.5) is 0 Å². The summed E-state index contributed by atoms with van der Waals surface area (Å²) in [5.41, 5.74) is 1.79. The van der Waals surface area contributed by atoms with Gasteiger partial charge in [0.1, 0.15) is 0 Å². The van der Waals surface area contributed by atoms with Crippen LogP contribution in [0.1, 0.15) is 39.7 Å². The van der Waals surface area contributed by atoms with Crippen LogP contribution in [0.5, 0.6) is 0 Å². The van der Waals surface area contributed by atoms with Crippen molar-refractivity contribution >= 4 is 10.8 Å². The van der Waals surface area contributed by atoms with Gasteiger partial charge in [0.05, 0.1) is 0 Å². The molecule has 1 atom stereocenters. The minimum absolute atomic E-state index is 0.318. The number of rotatable bonds is 7. The largest absolute Gasteiger partial charge is 0.316 e. The van der Waals surface area contributed by atoms with E-state index in [1.807, 2.05) is 0 Å². The first-order valence-electron chi connectivity index (χ1n) is 8.21. The molecule has 0 aromatic heterocycles. The quantitative estimate of drug-likeness (QED) is 0.750. The zero-order chi connectivity index (χ0) is 15.3. The molecule has 0 fully saturated rings. The van der Waals surface area contributed by atoms with E-state index in [2.05, 4.69) is 75.5 Å². The molecule has 114 valence electrons. The van der Waals surface area contributed by atoms with Gasteiger partial charge in [-0.05, 0) is 47.1 Å². The fraction of sp³-hybridized carbons (Fsp3) is 0.500. The van der Waals surface area contributed by atoms with Crippen LogP contribution in [0.2, 0.25) is 0 Å². The molecule has 0 saturated carbocycles. The van der Waals surface area contributed by atoms with Crippen LogP contribution in [0, 0.1) is 11.3 Å². The minimum atomic E-state index is 0.318. The van der Waals surface area contributed by atoms with Crippen molar-refractivity contribution in [3.05, 3.63) is 48.0 Å². The molecule has 2 aromatic carbocycles. The van der Waals surface area contributed by atoms with E-state index < -0.39 is 0 Å². The van der Waals surface area contributed by atoms with E-state index in [1.165, 1.54) is 22.8 Å². The van der Waals surface area contributed by atoms with Gasteiger partial charge in [-0.25, -0.2) is 0 Å². The zero-order valence-electron chi connectivity index (χ0n) is 13.9. The molecule has 0 aliphatic heterocycles. The predicted molar refractivity (Wildman–Crippen MR) is 93.8 cm³/mol. The van der Waals surface area contributed by atoms with E-state index in [0.717, 1.165) is 19.5 Å². The Morgan fingerprint density at radius 3 is 2.48 bits per heavy atom. The summed E-state index contributed by atoms with van der Waals surface area (Å²) in [4.78, 5) is 0. The molecule has 0 aliphatic rings. The first-order valence-corrected chi connectivity index (χ1v) is 8.21. The smallest absolute Gasteiger partial charge is 0.000836 e. The fourth-order valence-corrected chi connectivity index (χ4v) is 2.88. The molecule has 2 aromatic rings. The van der Waals surface area contributed by atoms with Gasteiger partial charge in [-0.3, -0.25) is 0 Å². The van der Waals surface area contributed by atoms with Gasteiger partial charge in [-0.2, -0.15) is 0 Å². The normalized spacial score (nSPS) is 14.5.